The molecule has 0 unspecified atom stereocenters. The summed E-state index contributed by atoms with van der Waals surface area (Å²) in [5.74, 6) is -0.914. The van der Waals surface area contributed by atoms with Crippen LogP contribution in [0.25, 0.3) is 0 Å². The molecule has 7 heteroatoms. The maximum Gasteiger partial charge on any atom is 0.265 e. The monoisotopic (exact) mass is 501 g/mol. The van der Waals surface area contributed by atoms with E-state index in [2.05, 4.69) is 5.32 Å². The van der Waals surface area contributed by atoms with Crippen LogP contribution in [0.4, 0.5) is 15.8 Å². The third-order valence-electron chi connectivity index (χ3n) is 5.99. The molecular formula is C29H28FN3O2S. The van der Waals surface area contributed by atoms with Crippen LogP contribution < -0.4 is 10.2 Å². The van der Waals surface area contributed by atoms with Crippen molar-refractivity contribution in [2.75, 3.05) is 24.3 Å². The predicted molar refractivity (Wildman–Crippen MR) is 144 cm³/mol. The van der Waals surface area contributed by atoms with E-state index >= 15 is 0 Å². The Labute approximate surface area is 214 Å². The quantitative estimate of drug-likeness (QED) is 0.296. The number of anilines is 2. The maximum atomic E-state index is 14.0. The first-order valence-electron chi connectivity index (χ1n) is 11.6. The standard InChI is InChI=1S/C29H28FN3O2S/c1-20(21-9-5-4-6-10-21)33(29(35)22-11-7-12-24(30)17-22)19-23-18-25(14-15-26(23)32(2)3)31-28(34)27-13-8-16-36-27/h4-18,20H,19H2,1-3H3,(H,31,34)/t20-/m0/s1. The molecule has 1 heterocycles. The van der Waals surface area contributed by atoms with Crippen molar-refractivity contribution >= 4 is 34.5 Å². The van der Waals surface area contributed by atoms with Crippen molar-refractivity contribution in [1.29, 1.82) is 0 Å². The normalized spacial score (nSPS) is 11.6. The molecule has 1 aromatic heterocycles. The number of thiophene rings is 1. The molecule has 0 fully saturated rings. The number of benzene rings is 3. The number of rotatable bonds is 8. The zero-order valence-electron chi connectivity index (χ0n) is 20.4. The van der Waals surface area contributed by atoms with Crippen LogP contribution in [0.2, 0.25) is 0 Å². The van der Waals surface area contributed by atoms with Crippen LogP contribution in [0, 0.1) is 5.82 Å². The zero-order valence-corrected chi connectivity index (χ0v) is 21.3. The highest BCUT2D eigenvalue weighted by atomic mass is 32.1. The molecule has 1 N–H and O–H groups in total. The Morgan fingerprint density at radius 2 is 1.72 bits per heavy atom. The fourth-order valence-electron chi connectivity index (χ4n) is 4.09. The molecule has 0 saturated heterocycles. The summed E-state index contributed by atoms with van der Waals surface area (Å²) in [5.41, 5.74) is 3.67. The topological polar surface area (TPSA) is 52.7 Å². The van der Waals surface area contributed by atoms with E-state index in [0.717, 1.165) is 16.8 Å². The summed E-state index contributed by atoms with van der Waals surface area (Å²) in [6, 6.07) is 24.5. The highest BCUT2D eigenvalue weighted by Gasteiger charge is 2.25. The van der Waals surface area contributed by atoms with E-state index in [9.17, 15) is 14.0 Å². The molecule has 0 aliphatic carbocycles. The Morgan fingerprint density at radius 1 is 0.944 bits per heavy atom. The molecule has 0 bridgehead atoms. The van der Waals surface area contributed by atoms with E-state index in [-0.39, 0.29) is 30.0 Å². The van der Waals surface area contributed by atoms with Gasteiger partial charge in [0.1, 0.15) is 5.82 Å². The second kappa shape index (κ2) is 11.2. The van der Waals surface area contributed by atoms with Gasteiger partial charge in [-0.2, -0.15) is 0 Å². The molecule has 3 aromatic carbocycles. The Bertz CT molecular complexity index is 1340. The number of amides is 2. The molecule has 0 aliphatic heterocycles. The largest absolute Gasteiger partial charge is 0.377 e. The average Bonchev–Trinajstić information content (AvgIpc) is 3.42. The fourth-order valence-corrected chi connectivity index (χ4v) is 4.71. The molecule has 2 amide bonds. The van der Waals surface area contributed by atoms with Crippen molar-refractivity contribution in [3.8, 4) is 0 Å². The molecule has 36 heavy (non-hydrogen) atoms. The summed E-state index contributed by atoms with van der Waals surface area (Å²) >= 11 is 1.37. The summed E-state index contributed by atoms with van der Waals surface area (Å²) in [6.07, 6.45) is 0. The zero-order chi connectivity index (χ0) is 25.7. The number of halogens is 1. The highest BCUT2D eigenvalue weighted by molar-refractivity contribution is 7.12. The summed E-state index contributed by atoms with van der Waals surface area (Å²) in [7, 11) is 3.87. The number of carbonyl (C=O) groups is 2. The van der Waals surface area contributed by atoms with Crippen LogP contribution in [0.5, 0.6) is 0 Å². The van der Waals surface area contributed by atoms with Crippen LogP contribution in [0.1, 0.15) is 44.1 Å². The van der Waals surface area contributed by atoms with E-state index < -0.39 is 5.82 Å². The van der Waals surface area contributed by atoms with Gasteiger partial charge < -0.3 is 15.1 Å². The molecular weight excluding hydrogens is 473 g/mol. The van der Waals surface area contributed by atoms with Crippen molar-refractivity contribution in [2.24, 2.45) is 0 Å². The lowest BCUT2D eigenvalue weighted by Gasteiger charge is -2.31. The van der Waals surface area contributed by atoms with Gasteiger partial charge in [-0.1, -0.05) is 42.5 Å². The van der Waals surface area contributed by atoms with Gasteiger partial charge in [0.05, 0.1) is 10.9 Å². The second-order valence-corrected chi connectivity index (χ2v) is 9.65. The first-order chi connectivity index (χ1) is 17.3. The second-order valence-electron chi connectivity index (χ2n) is 8.70. The Morgan fingerprint density at radius 3 is 2.39 bits per heavy atom. The number of carbonyl (C=O) groups excluding carboxylic acids is 2. The first-order valence-corrected chi connectivity index (χ1v) is 12.5. The minimum absolute atomic E-state index is 0.182. The van der Waals surface area contributed by atoms with Gasteiger partial charge in [-0.05, 0) is 65.9 Å². The lowest BCUT2D eigenvalue weighted by atomic mass is 10.0. The van der Waals surface area contributed by atoms with Gasteiger partial charge in [0, 0.05) is 37.6 Å². The van der Waals surface area contributed by atoms with Crippen LogP contribution in [0.3, 0.4) is 0 Å². The number of nitrogens with zero attached hydrogens (tertiary/aromatic N) is 2. The Hall–Kier alpha value is -3.97. The summed E-state index contributed by atoms with van der Waals surface area (Å²) < 4.78 is 14.0. The van der Waals surface area contributed by atoms with Crippen LogP contribution in [-0.4, -0.2) is 30.8 Å². The fraction of sp³-hybridized carbons (Fsp3) is 0.172. The minimum Gasteiger partial charge on any atom is -0.377 e. The van der Waals surface area contributed by atoms with E-state index in [0.29, 0.717) is 10.6 Å². The van der Waals surface area contributed by atoms with Gasteiger partial charge in [-0.15, -0.1) is 11.3 Å². The molecule has 1 atom stereocenters. The minimum atomic E-state index is -0.458. The van der Waals surface area contributed by atoms with Crippen molar-refractivity contribution in [3.05, 3.63) is 118 Å². The van der Waals surface area contributed by atoms with E-state index in [1.165, 1.54) is 23.5 Å². The molecule has 5 nitrogen and oxygen atoms in total. The van der Waals surface area contributed by atoms with E-state index in [1.54, 1.807) is 23.1 Å². The molecule has 0 saturated carbocycles. The number of hydrogen-bond donors (Lipinski definition) is 1. The molecule has 0 radical (unpaired) electrons. The molecule has 0 spiro atoms. The van der Waals surface area contributed by atoms with Crippen molar-refractivity contribution < 1.29 is 14.0 Å². The lowest BCUT2D eigenvalue weighted by Crippen LogP contribution is -2.34. The third kappa shape index (κ3) is 5.80. The molecule has 184 valence electrons. The van der Waals surface area contributed by atoms with Gasteiger partial charge in [0.15, 0.2) is 0 Å². The highest BCUT2D eigenvalue weighted by Crippen LogP contribution is 2.30. The van der Waals surface area contributed by atoms with Crippen LogP contribution in [-0.2, 0) is 6.54 Å². The number of hydrogen-bond acceptors (Lipinski definition) is 4. The first kappa shape index (κ1) is 25.1. The smallest absolute Gasteiger partial charge is 0.265 e. The third-order valence-corrected chi connectivity index (χ3v) is 6.86. The van der Waals surface area contributed by atoms with Gasteiger partial charge in [-0.3, -0.25) is 9.59 Å². The number of nitrogens with one attached hydrogen (secondary N) is 1. The van der Waals surface area contributed by atoms with Crippen molar-refractivity contribution in [2.45, 2.75) is 19.5 Å². The SMILES string of the molecule is C[C@@H](c1ccccc1)N(Cc1cc(NC(=O)c2cccs2)ccc1N(C)C)C(=O)c1cccc(F)c1. The van der Waals surface area contributed by atoms with Crippen LogP contribution >= 0.6 is 11.3 Å². The van der Waals surface area contributed by atoms with Gasteiger partial charge >= 0.3 is 0 Å². The van der Waals surface area contributed by atoms with Crippen molar-refractivity contribution in [3.63, 3.8) is 0 Å². The summed E-state index contributed by atoms with van der Waals surface area (Å²) in [5, 5.41) is 4.81. The maximum absolute atomic E-state index is 14.0. The molecule has 4 rings (SSSR count). The Balaban J connectivity index is 1.71. The van der Waals surface area contributed by atoms with Gasteiger partial charge in [0.2, 0.25) is 0 Å². The van der Waals surface area contributed by atoms with E-state index in [4.69, 9.17) is 0 Å². The van der Waals surface area contributed by atoms with Crippen LogP contribution in [0.15, 0.2) is 90.3 Å². The lowest BCUT2D eigenvalue weighted by molar-refractivity contribution is 0.0673. The van der Waals surface area contributed by atoms with E-state index in [1.807, 2.05) is 85.9 Å². The predicted octanol–water partition coefficient (Wildman–Crippen LogP) is 6.61. The van der Waals surface area contributed by atoms with Gasteiger partial charge in [-0.25, -0.2) is 4.39 Å². The average molecular weight is 502 g/mol. The summed E-state index contributed by atoms with van der Waals surface area (Å²) in [6.45, 7) is 2.23. The van der Waals surface area contributed by atoms with Crippen molar-refractivity contribution in [1.82, 2.24) is 4.90 Å². The summed E-state index contributed by atoms with van der Waals surface area (Å²) in [4.78, 5) is 30.7. The Kier molecular flexibility index (Phi) is 7.80. The molecule has 4 aromatic rings. The molecule has 0 aliphatic rings. The van der Waals surface area contributed by atoms with Gasteiger partial charge in [0.25, 0.3) is 11.8 Å².